The van der Waals surface area contributed by atoms with Gasteiger partial charge >= 0.3 is 0 Å². The van der Waals surface area contributed by atoms with E-state index >= 15 is 0 Å². The molecule has 0 aliphatic heterocycles. The summed E-state index contributed by atoms with van der Waals surface area (Å²) in [6.45, 7) is 0. The summed E-state index contributed by atoms with van der Waals surface area (Å²) in [5.74, 6) is 0. The first kappa shape index (κ1) is 23.2. The number of nitro benzene ring substituents is 1. The summed E-state index contributed by atoms with van der Waals surface area (Å²) in [6, 6.07) is 44.2. The van der Waals surface area contributed by atoms with Gasteiger partial charge in [-0.25, -0.2) is 0 Å². The van der Waals surface area contributed by atoms with E-state index in [4.69, 9.17) is 4.42 Å². The summed E-state index contributed by atoms with van der Waals surface area (Å²) in [5, 5.41) is 16.4. The lowest BCUT2D eigenvalue weighted by molar-refractivity contribution is -0.384. The van der Waals surface area contributed by atoms with Crippen molar-refractivity contribution in [3.05, 3.63) is 144 Å². The molecular formula is C36H22N2O3. The molecule has 0 aliphatic rings. The fourth-order valence-corrected chi connectivity index (χ4v) is 6.06. The van der Waals surface area contributed by atoms with E-state index in [9.17, 15) is 10.1 Å². The normalized spacial score (nSPS) is 11.6. The zero-order valence-corrected chi connectivity index (χ0v) is 21.8. The lowest BCUT2D eigenvalue weighted by Gasteiger charge is -2.10. The van der Waals surface area contributed by atoms with Crippen molar-refractivity contribution in [1.82, 2.24) is 4.57 Å². The third-order valence-electron chi connectivity index (χ3n) is 7.91. The number of furan rings is 1. The van der Waals surface area contributed by atoms with E-state index in [2.05, 4.69) is 59.2 Å². The molecule has 0 spiro atoms. The molecule has 0 saturated carbocycles. The number of benzene rings is 6. The molecule has 8 rings (SSSR count). The molecule has 0 N–H and O–H groups in total. The van der Waals surface area contributed by atoms with Crippen molar-refractivity contribution >= 4 is 49.4 Å². The van der Waals surface area contributed by atoms with Gasteiger partial charge in [-0.05, 0) is 59.7 Å². The van der Waals surface area contributed by atoms with E-state index in [1.165, 1.54) is 0 Å². The highest BCUT2D eigenvalue weighted by molar-refractivity contribution is 6.12. The Morgan fingerprint density at radius 1 is 0.561 bits per heavy atom. The van der Waals surface area contributed by atoms with Gasteiger partial charge in [0.15, 0.2) is 0 Å². The largest absolute Gasteiger partial charge is 0.455 e. The monoisotopic (exact) mass is 530 g/mol. The summed E-state index contributed by atoms with van der Waals surface area (Å²) in [5.41, 5.74) is 7.91. The number of hydrogen-bond donors (Lipinski definition) is 0. The highest BCUT2D eigenvalue weighted by Crippen LogP contribution is 2.42. The van der Waals surface area contributed by atoms with Crippen LogP contribution in [0.5, 0.6) is 0 Å². The summed E-state index contributed by atoms with van der Waals surface area (Å²) in [4.78, 5) is 11.9. The Labute approximate surface area is 234 Å². The van der Waals surface area contributed by atoms with E-state index in [1.807, 2.05) is 72.8 Å². The first-order valence-corrected chi connectivity index (χ1v) is 13.5. The van der Waals surface area contributed by atoms with Crippen LogP contribution in [0.3, 0.4) is 0 Å². The number of hydrogen-bond acceptors (Lipinski definition) is 3. The molecule has 194 valence electrons. The first-order chi connectivity index (χ1) is 20.2. The van der Waals surface area contributed by atoms with Gasteiger partial charge in [-0.3, -0.25) is 10.1 Å². The van der Waals surface area contributed by atoms with Crippen LogP contribution in [0, 0.1) is 10.1 Å². The third kappa shape index (κ3) is 3.56. The zero-order chi connectivity index (χ0) is 27.5. The van der Waals surface area contributed by atoms with Gasteiger partial charge in [0.05, 0.1) is 21.5 Å². The maximum Gasteiger partial charge on any atom is 0.277 e. The minimum Gasteiger partial charge on any atom is -0.455 e. The van der Waals surface area contributed by atoms with Crippen molar-refractivity contribution in [1.29, 1.82) is 0 Å². The maximum atomic E-state index is 12.2. The molecule has 6 aromatic carbocycles. The second-order valence-electron chi connectivity index (χ2n) is 10.2. The summed E-state index contributed by atoms with van der Waals surface area (Å²) >= 11 is 0. The van der Waals surface area contributed by atoms with Crippen LogP contribution in [0.2, 0.25) is 0 Å². The Morgan fingerprint density at radius 3 is 2.10 bits per heavy atom. The molecule has 0 unspecified atom stereocenters. The van der Waals surface area contributed by atoms with Crippen LogP contribution in [0.1, 0.15) is 0 Å². The van der Waals surface area contributed by atoms with Gasteiger partial charge in [-0.1, -0.05) is 78.9 Å². The summed E-state index contributed by atoms with van der Waals surface area (Å²) < 4.78 is 8.52. The van der Waals surface area contributed by atoms with Gasteiger partial charge in [-0.15, -0.1) is 0 Å². The average Bonchev–Trinajstić information content (AvgIpc) is 3.57. The quantitative estimate of drug-likeness (QED) is 0.168. The minimum atomic E-state index is -0.322. The first-order valence-electron chi connectivity index (χ1n) is 13.5. The minimum absolute atomic E-state index is 0.0449. The number of nitrogens with zero attached hydrogens (tertiary/aromatic N) is 2. The van der Waals surface area contributed by atoms with Crippen LogP contribution in [0.25, 0.3) is 71.7 Å². The molecule has 0 radical (unpaired) electrons. The van der Waals surface area contributed by atoms with Gasteiger partial charge in [0.25, 0.3) is 5.69 Å². The second kappa shape index (κ2) is 8.93. The van der Waals surface area contributed by atoms with Gasteiger partial charge in [0, 0.05) is 38.9 Å². The second-order valence-corrected chi connectivity index (χ2v) is 10.2. The molecule has 0 atom stereocenters. The predicted molar refractivity (Wildman–Crippen MR) is 166 cm³/mol. The van der Waals surface area contributed by atoms with Crippen molar-refractivity contribution in [2.75, 3.05) is 0 Å². The lowest BCUT2D eigenvalue weighted by Crippen LogP contribution is -1.94. The van der Waals surface area contributed by atoms with Gasteiger partial charge in [0.1, 0.15) is 11.2 Å². The molecule has 0 amide bonds. The topological polar surface area (TPSA) is 61.2 Å². The maximum absolute atomic E-state index is 12.2. The summed E-state index contributed by atoms with van der Waals surface area (Å²) in [7, 11) is 0. The number of rotatable bonds is 4. The number of nitro groups is 1. The van der Waals surface area contributed by atoms with Crippen molar-refractivity contribution in [2.45, 2.75) is 0 Å². The fourth-order valence-electron chi connectivity index (χ4n) is 6.06. The molecule has 5 heteroatoms. The van der Waals surface area contributed by atoms with Gasteiger partial charge in [-0.2, -0.15) is 0 Å². The molecule has 2 heterocycles. The van der Waals surface area contributed by atoms with E-state index in [1.54, 1.807) is 6.07 Å². The van der Waals surface area contributed by atoms with E-state index in [0.717, 1.165) is 55.0 Å². The number of aromatic nitrogens is 1. The van der Waals surface area contributed by atoms with Crippen LogP contribution in [-0.2, 0) is 0 Å². The average molecular weight is 531 g/mol. The molecular weight excluding hydrogens is 508 g/mol. The lowest BCUT2D eigenvalue weighted by atomic mass is 9.95. The highest BCUT2D eigenvalue weighted by atomic mass is 16.6. The predicted octanol–water partition coefficient (Wildman–Crippen LogP) is 9.93. The molecule has 0 saturated heterocycles. The van der Waals surface area contributed by atoms with Crippen molar-refractivity contribution < 1.29 is 9.34 Å². The molecule has 2 aromatic heterocycles. The van der Waals surface area contributed by atoms with Crippen LogP contribution >= 0.6 is 0 Å². The standard InChI is InChI=1S/C36H22N2O3/c39-38(40)34-20-18-24(22-31(34)29-14-8-13-28-27-12-5-7-16-35(27)41-36(28)29)23-17-19-33-30(21-23)26-11-4-6-15-32(26)37(33)25-9-2-1-3-10-25/h1-22H. The van der Waals surface area contributed by atoms with Gasteiger partial charge < -0.3 is 8.98 Å². The Hall–Kier alpha value is -5.68. The van der Waals surface area contributed by atoms with E-state index in [-0.39, 0.29) is 10.6 Å². The van der Waals surface area contributed by atoms with Crippen LogP contribution in [0.4, 0.5) is 5.69 Å². The summed E-state index contributed by atoms with van der Waals surface area (Å²) in [6.07, 6.45) is 0. The van der Waals surface area contributed by atoms with Crippen LogP contribution in [-0.4, -0.2) is 9.49 Å². The fraction of sp³-hybridized carbons (Fsp3) is 0. The van der Waals surface area contributed by atoms with Crippen molar-refractivity contribution in [3.8, 4) is 27.9 Å². The molecule has 0 bridgehead atoms. The molecule has 5 nitrogen and oxygen atoms in total. The number of para-hydroxylation sites is 4. The molecule has 0 fully saturated rings. The number of fused-ring (bicyclic) bond motifs is 6. The molecule has 8 aromatic rings. The third-order valence-corrected chi connectivity index (χ3v) is 7.91. The van der Waals surface area contributed by atoms with Crippen LogP contribution < -0.4 is 0 Å². The molecule has 41 heavy (non-hydrogen) atoms. The Bertz CT molecular complexity index is 2290. The van der Waals surface area contributed by atoms with Crippen molar-refractivity contribution in [2.24, 2.45) is 0 Å². The Balaban J connectivity index is 1.35. The zero-order valence-electron chi connectivity index (χ0n) is 21.8. The van der Waals surface area contributed by atoms with Gasteiger partial charge in [0.2, 0.25) is 0 Å². The van der Waals surface area contributed by atoms with E-state index < -0.39 is 0 Å². The highest BCUT2D eigenvalue weighted by Gasteiger charge is 2.21. The Kier molecular flexibility index (Phi) is 5.06. The SMILES string of the molecule is O=[N+]([O-])c1ccc(-c2ccc3c(c2)c2ccccc2n3-c2ccccc2)cc1-c1cccc2c1oc1ccccc12. The molecule has 0 aliphatic carbocycles. The Morgan fingerprint density at radius 2 is 1.24 bits per heavy atom. The van der Waals surface area contributed by atoms with Crippen molar-refractivity contribution in [3.63, 3.8) is 0 Å². The van der Waals surface area contributed by atoms with Crippen LogP contribution in [0.15, 0.2) is 138 Å². The van der Waals surface area contributed by atoms with E-state index in [0.29, 0.717) is 16.7 Å². The smallest absolute Gasteiger partial charge is 0.277 e.